The van der Waals surface area contributed by atoms with E-state index in [0.717, 1.165) is 132 Å². The second-order valence-electron chi connectivity index (χ2n) is 22.1. The van der Waals surface area contributed by atoms with Gasteiger partial charge in [-0.05, 0) is 139 Å². The van der Waals surface area contributed by atoms with Gasteiger partial charge >= 0.3 is 0 Å². The summed E-state index contributed by atoms with van der Waals surface area (Å²) < 4.78 is 0. The van der Waals surface area contributed by atoms with Crippen molar-refractivity contribution < 1.29 is 0 Å². The van der Waals surface area contributed by atoms with E-state index in [1.54, 1.807) is 0 Å². The van der Waals surface area contributed by atoms with Crippen LogP contribution in [0.3, 0.4) is 0 Å². The van der Waals surface area contributed by atoms with Crippen molar-refractivity contribution in [2.75, 3.05) is 57.0 Å². The summed E-state index contributed by atoms with van der Waals surface area (Å²) >= 11 is 0. The van der Waals surface area contributed by atoms with E-state index in [0.29, 0.717) is 0 Å². The minimum atomic E-state index is 0.801. The Hall–Kier alpha value is -11.8. The molecule has 0 aliphatic carbocycles. The van der Waals surface area contributed by atoms with Gasteiger partial charge in [0.1, 0.15) is 0 Å². The second kappa shape index (κ2) is 23.8. The third-order valence-corrected chi connectivity index (χ3v) is 15.9. The molecule has 0 radical (unpaired) electrons. The summed E-state index contributed by atoms with van der Waals surface area (Å²) in [5.41, 5.74) is 14.4. The first-order chi connectivity index (χ1) is 42.6. The number of fused-ring (bicyclic) bond motifs is 6. The van der Waals surface area contributed by atoms with Crippen LogP contribution in [0.2, 0.25) is 0 Å². The first-order valence-electron chi connectivity index (χ1n) is 29.0. The lowest BCUT2D eigenvalue weighted by atomic mass is 9.98. The molecule has 0 N–H and O–H groups in total. The zero-order chi connectivity index (χ0) is 59.4. The van der Waals surface area contributed by atoms with Crippen LogP contribution in [0, 0.1) is 71.0 Å². The van der Waals surface area contributed by atoms with Gasteiger partial charge in [-0.1, -0.05) is 217 Å². The molecule has 0 saturated carbocycles. The van der Waals surface area contributed by atoms with Crippen molar-refractivity contribution in [3.63, 3.8) is 0 Å². The fourth-order valence-corrected chi connectivity index (χ4v) is 11.6. The normalized spacial score (nSPS) is 10.6. The molecule has 0 atom stereocenters. The highest BCUT2D eigenvalue weighted by atomic mass is 15.1. The molecule has 0 aliphatic rings. The fourth-order valence-electron chi connectivity index (χ4n) is 11.6. The maximum atomic E-state index is 3.56. The molecule has 0 saturated heterocycles. The lowest BCUT2D eigenvalue weighted by Crippen LogP contribution is -2.08. The molecule has 0 fully saturated rings. The van der Waals surface area contributed by atoms with Crippen LogP contribution in [0.1, 0.15) is 66.8 Å². The van der Waals surface area contributed by atoms with Crippen molar-refractivity contribution >= 4 is 81.7 Å². The Labute approximate surface area is 510 Å². The Morgan fingerprint density at radius 3 is 0.506 bits per heavy atom. The molecule has 0 bridgehead atoms. The van der Waals surface area contributed by atoms with Gasteiger partial charge in [0.25, 0.3) is 0 Å². The first-order valence-corrected chi connectivity index (χ1v) is 29.0. The number of benzene rings is 13. The molecule has 3 heteroatoms. The van der Waals surface area contributed by atoms with E-state index in [9.17, 15) is 0 Å². The number of nitrogens with zero attached hydrogens (tertiary/aromatic N) is 3. The van der Waals surface area contributed by atoms with Gasteiger partial charge in [0.05, 0.1) is 0 Å². The third kappa shape index (κ3) is 11.1. The topological polar surface area (TPSA) is 9.72 Å². The van der Waals surface area contributed by atoms with Gasteiger partial charge in [-0.15, -0.1) is 0 Å². The molecular weight excluding hydrogens is 1050 g/mol. The Bertz CT molecular complexity index is 4830. The fraction of sp³-hybridized carbons (Fsp3) is 0.0714. The van der Waals surface area contributed by atoms with E-state index in [-0.39, 0.29) is 0 Å². The predicted molar refractivity (Wildman–Crippen MR) is 369 cm³/mol. The Kier molecular flexibility index (Phi) is 14.9. The maximum absolute atomic E-state index is 3.56. The highest BCUT2D eigenvalue weighted by Crippen LogP contribution is 2.32. The Morgan fingerprint density at radius 1 is 0.172 bits per heavy atom. The standard InChI is InChI=1S/C84H57N3/c1-85(2)82-40-16-34-76-67(25-13-37-79(76)82)52-49-64-22-10-28-70-61(19-7-31-73(64)70)46-43-58-55-59(44-47-62-20-8-32-74-65(23-11-29-71(62)74)50-53-68-26-14-38-80-77(68)35-17-41-83(80)86(3)4)57-60(56-58)45-48-63-21-9-33-75-66(24-12-30-72(63)75)51-54-69-27-15-39-81-78(69)36-18-42-84(81)87(5)6/h7-42,55-57H,1-6H3. The van der Waals surface area contributed by atoms with Gasteiger partial charge in [0.15, 0.2) is 0 Å². The van der Waals surface area contributed by atoms with Crippen molar-refractivity contribution in [3.05, 3.63) is 303 Å². The second-order valence-corrected chi connectivity index (χ2v) is 22.1. The Balaban J connectivity index is 0.879. The minimum absolute atomic E-state index is 0.801. The molecule has 3 nitrogen and oxygen atoms in total. The van der Waals surface area contributed by atoms with Crippen molar-refractivity contribution in [1.82, 2.24) is 0 Å². The van der Waals surface area contributed by atoms with Crippen LogP contribution in [-0.4, -0.2) is 42.3 Å². The van der Waals surface area contributed by atoms with E-state index < -0.39 is 0 Å². The third-order valence-electron chi connectivity index (χ3n) is 15.9. The first kappa shape index (κ1) is 54.4. The van der Waals surface area contributed by atoms with Crippen LogP contribution >= 0.6 is 0 Å². The van der Waals surface area contributed by atoms with Gasteiger partial charge < -0.3 is 14.7 Å². The summed E-state index contributed by atoms with van der Waals surface area (Å²) in [4.78, 5) is 6.43. The zero-order valence-electron chi connectivity index (χ0n) is 49.4. The number of hydrogen-bond acceptors (Lipinski definition) is 3. The van der Waals surface area contributed by atoms with Crippen molar-refractivity contribution in [1.29, 1.82) is 0 Å². The number of anilines is 3. The van der Waals surface area contributed by atoms with E-state index in [1.807, 2.05) is 0 Å². The van der Waals surface area contributed by atoms with Crippen LogP contribution in [-0.2, 0) is 0 Å². The Morgan fingerprint density at radius 2 is 0.322 bits per heavy atom. The largest absolute Gasteiger partial charge is 0.377 e. The van der Waals surface area contributed by atoms with Gasteiger partial charge in [-0.2, -0.15) is 0 Å². The molecular formula is C84H57N3. The summed E-state index contributed by atoms with van der Waals surface area (Å²) in [6.45, 7) is 0. The van der Waals surface area contributed by atoms with Crippen LogP contribution in [0.25, 0.3) is 64.6 Å². The van der Waals surface area contributed by atoms with E-state index in [4.69, 9.17) is 0 Å². The highest BCUT2D eigenvalue weighted by Gasteiger charge is 2.11. The maximum Gasteiger partial charge on any atom is 0.0441 e. The van der Waals surface area contributed by atoms with E-state index in [1.165, 1.54) is 16.2 Å². The van der Waals surface area contributed by atoms with Crippen LogP contribution in [0.4, 0.5) is 17.1 Å². The average molecular weight is 1110 g/mol. The summed E-state index contributed by atoms with van der Waals surface area (Å²) in [6.07, 6.45) is 0. The molecule has 0 unspecified atom stereocenters. The highest BCUT2D eigenvalue weighted by molar-refractivity contribution is 6.01. The molecule has 0 heterocycles. The number of hydrogen-bond donors (Lipinski definition) is 0. The summed E-state index contributed by atoms with van der Waals surface area (Å²) in [5, 5.41) is 13.2. The van der Waals surface area contributed by atoms with Gasteiger partial charge in [0, 0.05) is 142 Å². The molecule has 0 aromatic heterocycles. The summed E-state index contributed by atoms with van der Waals surface area (Å²) in [5.74, 6) is 42.5. The monoisotopic (exact) mass is 1110 g/mol. The smallest absolute Gasteiger partial charge is 0.0441 e. The summed E-state index contributed by atoms with van der Waals surface area (Å²) in [6, 6.07) is 82.1. The SMILES string of the molecule is CN(C)c1cccc2c(C#Cc3cccc4c(C#Cc5cc(C#Cc6cccc7c(C#Cc8cccc9c(N(C)C)cccc89)cccc67)cc(C#Cc6cccc7c(C#Cc8cccc9c(N(C)C)cccc89)cccc67)c5)cccc34)cccc12. The van der Waals surface area contributed by atoms with Gasteiger partial charge in [-0.25, -0.2) is 0 Å². The molecule has 0 spiro atoms. The van der Waals surface area contributed by atoms with E-state index >= 15 is 0 Å². The van der Waals surface area contributed by atoms with E-state index in [2.05, 4.69) is 365 Å². The lowest BCUT2D eigenvalue weighted by Gasteiger charge is -2.15. The zero-order valence-corrected chi connectivity index (χ0v) is 49.4. The molecule has 13 aromatic carbocycles. The van der Waals surface area contributed by atoms with Crippen LogP contribution in [0.5, 0.6) is 0 Å². The van der Waals surface area contributed by atoms with Gasteiger partial charge in [0.2, 0.25) is 0 Å². The quantitative estimate of drug-likeness (QED) is 0.163. The van der Waals surface area contributed by atoms with Crippen molar-refractivity contribution in [2.45, 2.75) is 0 Å². The van der Waals surface area contributed by atoms with Crippen LogP contribution < -0.4 is 14.7 Å². The minimum Gasteiger partial charge on any atom is -0.377 e. The molecule has 0 amide bonds. The van der Waals surface area contributed by atoms with Crippen molar-refractivity contribution in [3.8, 4) is 71.0 Å². The number of rotatable bonds is 3. The molecule has 87 heavy (non-hydrogen) atoms. The molecule has 13 aromatic rings. The van der Waals surface area contributed by atoms with Gasteiger partial charge in [-0.3, -0.25) is 0 Å². The summed E-state index contributed by atoms with van der Waals surface area (Å²) in [7, 11) is 12.4. The predicted octanol–water partition coefficient (Wildman–Crippen LogP) is 17.2. The molecule has 13 rings (SSSR count). The average Bonchev–Trinajstić information content (AvgIpc) is 2.11. The molecule has 0 aliphatic heterocycles. The molecule has 408 valence electrons. The van der Waals surface area contributed by atoms with Crippen LogP contribution in [0.15, 0.2) is 237 Å². The van der Waals surface area contributed by atoms with Crippen molar-refractivity contribution in [2.24, 2.45) is 0 Å². The lowest BCUT2D eigenvalue weighted by molar-refractivity contribution is 1.14.